The van der Waals surface area contributed by atoms with E-state index in [0.717, 1.165) is 0 Å². The average Bonchev–Trinajstić information content (AvgIpc) is 1.99. The van der Waals surface area contributed by atoms with Gasteiger partial charge in [0.05, 0.1) is 0 Å². The second-order valence-electron chi connectivity index (χ2n) is 1.87. The van der Waals surface area contributed by atoms with Gasteiger partial charge in [-0.1, -0.05) is 13.8 Å². The van der Waals surface area contributed by atoms with Crippen molar-refractivity contribution >= 4 is 21.6 Å². The third kappa shape index (κ3) is 5.11. The molecule has 0 amide bonds. The van der Waals surface area contributed by atoms with E-state index in [4.69, 9.17) is 0 Å². The summed E-state index contributed by atoms with van der Waals surface area (Å²) in [6.07, 6.45) is 0. The van der Waals surface area contributed by atoms with Gasteiger partial charge in [-0.15, -0.1) is 0 Å². The molecule has 0 fully saturated rings. The zero-order chi connectivity index (χ0) is 7.98. The van der Waals surface area contributed by atoms with Crippen molar-refractivity contribution in [3.05, 3.63) is 0 Å². The van der Waals surface area contributed by atoms with Crippen LogP contribution in [0.1, 0.15) is 13.8 Å². The van der Waals surface area contributed by atoms with Gasteiger partial charge in [0.25, 0.3) is 0 Å². The van der Waals surface area contributed by atoms with E-state index >= 15 is 0 Å². The maximum atomic E-state index is 10.8. The van der Waals surface area contributed by atoms with Gasteiger partial charge in [0.1, 0.15) is 0 Å². The predicted molar refractivity (Wildman–Crippen MR) is 47.1 cm³/mol. The molecule has 0 aromatic rings. The van der Waals surface area contributed by atoms with Gasteiger partial charge in [-0.05, 0) is 0 Å². The summed E-state index contributed by atoms with van der Waals surface area (Å²) in [5.41, 5.74) is 0. The van der Waals surface area contributed by atoms with Crippen molar-refractivity contribution in [1.29, 1.82) is 0 Å². The van der Waals surface area contributed by atoms with Gasteiger partial charge in [0.2, 0.25) is 0 Å². The third-order valence-corrected chi connectivity index (χ3v) is 4.05. The van der Waals surface area contributed by atoms with E-state index in [9.17, 15) is 8.42 Å². The molecule has 0 heterocycles. The Labute approximate surface area is 67.3 Å². The highest BCUT2D eigenvalue weighted by Crippen LogP contribution is 1.86. The normalized spacial score (nSPS) is 16.6. The van der Waals surface area contributed by atoms with Gasteiger partial charge in [0.15, 0.2) is 0 Å². The molecule has 0 saturated heterocycles. The Morgan fingerprint density at radius 1 is 0.900 bits per heavy atom. The summed E-state index contributed by atoms with van der Waals surface area (Å²) in [6, 6.07) is 0. The summed E-state index contributed by atoms with van der Waals surface area (Å²) in [5.74, 6) is 2.55. The first kappa shape index (κ1) is 10.3. The minimum Gasteiger partial charge on any atom is -0.260 e. The molecule has 0 saturated carbocycles. The maximum absolute atomic E-state index is 10.8. The molecule has 0 aromatic carbocycles. The minimum atomic E-state index is -0.742. The van der Waals surface area contributed by atoms with Crippen LogP contribution in [0.2, 0.25) is 0 Å². The monoisotopic (exact) mass is 182 g/mol. The zero-order valence-corrected chi connectivity index (χ0v) is 8.09. The van der Waals surface area contributed by atoms with E-state index in [-0.39, 0.29) is 0 Å². The van der Waals surface area contributed by atoms with Crippen LogP contribution in [0.5, 0.6) is 0 Å². The molecule has 0 aliphatic heterocycles. The summed E-state index contributed by atoms with van der Waals surface area (Å²) >= 11 is 0. The van der Waals surface area contributed by atoms with Gasteiger partial charge in [0, 0.05) is 44.6 Å². The molecule has 0 unspecified atom stereocenters. The van der Waals surface area contributed by atoms with E-state index in [0.29, 0.717) is 23.0 Å². The van der Waals surface area contributed by atoms with Gasteiger partial charge in [-0.25, -0.2) is 0 Å². The van der Waals surface area contributed by atoms with Crippen molar-refractivity contribution in [3.63, 3.8) is 0 Å². The van der Waals surface area contributed by atoms with E-state index in [1.807, 2.05) is 13.8 Å². The molecule has 0 aromatic heterocycles. The van der Waals surface area contributed by atoms with E-state index in [2.05, 4.69) is 0 Å². The summed E-state index contributed by atoms with van der Waals surface area (Å²) in [6.45, 7) is 3.76. The highest BCUT2D eigenvalue weighted by molar-refractivity contribution is 7.88. The van der Waals surface area contributed by atoms with Crippen molar-refractivity contribution < 1.29 is 8.42 Å². The van der Waals surface area contributed by atoms with Gasteiger partial charge >= 0.3 is 0 Å². The Balaban J connectivity index is 3.35. The molecular weight excluding hydrogens is 168 g/mol. The first-order chi connectivity index (χ1) is 4.70. The lowest BCUT2D eigenvalue weighted by Crippen LogP contribution is -2.10. The van der Waals surface area contributed by atoms with Crippen LogP contribution in [0.15, 0.2) is 0 Å². The fraction of sp³-hybridized carbons (Fsp3) is 1.00. The van der Waals surface area contributed by atoms with Gasteiger partial charge in [-0.3, -0.25) is 8.42 Å². The van der Waals surface area contributed by atoms with Crippen LogP contribution in [0.25, 0.3) is 0 Å². The average molecular weight is 182 g/mol. The maximum Gasteiger partial charge on any atom is 0.0350 e. The summed E-state index contributed by atoms with van der Waals surface area (Å²) in [4.78, 5) is 0. The van der Waals surface area contributed by atoms with Crippen molar-refractivity contribution in [2.45, 2.75) is 13.8 Å². The Kier molecular flexibility index (Phi) is 6.22. The molecule has 0 aliphatic rings. The standard InChI is InChI=1S/C6H14O2S2/c1-3-9(7)5-6-10(8)4-2/h3-6H2,1-2H3/t9-,10+. The molecular formula is C6H14O2S2. The molecule has 2 nitrogen and oxygen atoms in total. The summed E-state index contributed by atoms with van der Waals surface area (Å²) in [5, 5.41) is 0. The Morgan fingerprint density at radius 2 is 1.20 bits per heavy atom. The van der Waals surface area contributed by atoms with Crippen molar-refractivity contribution in [2.75, 3.05) is 23.0 Å². The van der Waals surface area contributed by atoms with Gasteiger partial charge < -0.3 is 0 Å². The van der Waals surface area contributed by atoms with Crippen LogP contribution >= 0.6 is 0 Å². The van der Waals surface area contributed by atoms with Crippen LogP contribution in [-0.4, -0.2) is 31.4 Å². The Morgan fingerprint density at radius 3 is 1.40 bits per heavy atom. The number of rotatable bonds is 5. The molecule has 0 bridgehead atoms. The largest absolute Gasteiger partial charge is 0.260 e. The highest BCUT2D eigenvalue weighted by atomic mass is 32.2. The first-order valence-corrected chi connectivity index (χ1v) is 6.38. The molecule has 0 N–H and O–H groups in total. The van der Waals surface area contributed by atoms with E-state index in [1.165, 1.54) is 0 Å². The topological polar surface area (TPSA) is 34.1 Å². The highest BCUT2D eigenvalue weighted by Gasteiger charge is 1.99. The zero-order valence-electron chi connectivity index (χ0n) is 6.46. The lowest BCUT2D eigenvalue weighted by Gasteiger charge is -1.96. The van der Waals surface area contributed by atoms with Crippen molar-refractivity contribution in [3.8, 4) is 0 Å². The molecule has 0 radical (unpaired) electrons. The molecule has 0 rings (SSSR count). The third-order valence-electron chi connectivity index (χ3n) is 1.18. The van der Waals surface area contributed by atoms with Crippen molar-refractivity contribution in [2.24, 2.45) is 0 Å². The second-order valence-corrected chi connectivity index (χ2v) is 5.60. The quantitative estimate of drug-likeness (QED) is 0.621. The number of hydrogen-bond donors (Lipinski definition) is 0. The fourth-order valence-electron chi connectivity index (χ4n) is 0.475. The van der Waals surface area contributed by atoms with E-state index < -0.39 is 21.6 Å². The summed E-state index contributed by atoms with van der Waals surface area (Å²) in [7, 11) is -1.48. The fourth-order valence-corrected chi connectivity index (χ4v) is 2.54. The molecule has 0 spiro atoms. The summed E-state index contributed by atoms with van der Waals surface area (Å²) < 4.78 is 21.6. The minimum absolute atomic E-state index is 0.594. The SMILES string of the molecule is CC[S@@](=O)CC[S@@](=O)CC. The Bertz CT molecular complexity index is 118. The van der Waals surface area contributed by atoms with Crippen LogP contribution in [0.3, 0.4) is 0 Å². The smallest absolute Gasteiger partial charge is 0.0350 e. The Hall–Kier alpha value is 0.300. The number of hydrogen-bond acceptors (Lipinski definition) is 2. The first-order valence-electron chi connectivity index (χ1n) is 3.40. The lowest BCUT2D eigenvalue weighted by molar-refractivity contribution is 0.679. The molecule has 0 aliphatic carbocycles. The van der Waals surface area contributed by atoms with Crippen LogP contribution < -0.4 is 0 Å². The second kappa shape index (κ2) is 6.04. The molecule has 4 heteroatoms. The van der Waals surface area contributed by atoms with Crippen LogP contribution in [0.4, 0.5) is 0 Å². The predicted octanol–water partition coefficient (Wildman–Crippen LogP) is 0.524. The van der Waals surface area contributed by atoms with Crippen LogP contribution in [-0.2, 0) is 21.6 Å². The van der Waals surface area contributed by atoms with Crippen molar-refractivity contribution in [1.82, 2.24) is 0 Å². The van der Waals surface area contributed by atoms with E-state index in [1.54, 1.807) is 0 Å². The lowest BCUT2D eigenvalue weighted by atomic mass is 10.9. The molecule has 2 atom stereocenters. The van der Waals surface area contributed by atoms with Gasteiger partial charge in [-0.2, -0.15) is 0 Å². The van der Waals surface area contributed by atoms with Crippen LogP contribution in [0, 0.1) is 0 Å². The molecule has 10 heavy (non-hydrogen) atoms. The molecule has 62 valence electrons.